The van der Waals surface area contributed by atoms with Crippen molar-refractivity contribution in [3.8, 4) is 0 Å². The van der Waals surface area contributed by atoms with Crippen molar-refractivity contribution in [2.24, 2.45) is 0 Å². The van der Waals surface area contributed by atoms with Gasteiger partial charge in [-0.15, -0.1) is 0 Å². The highest BCUT2D eigenvalue weighted by Crippen LogP contribution is 1.98. The highest BCUT2D eigenvalue weighted by atomic mass is 32.1. The largest absolute Gasteiger partial charge is 0.313 e. The molecule has 56 valence electrons. The van der Waals surface area contributed by atoms with E-state index in [2.05, 4.69) is 38.7 Å². The van der Waals surface area contributed by atoms with Gasteiger partial charge in [0.05, 0.1) is 0 Å². The molecule has 0 aliphatic heterocycles. The fourth-order valence-corrected chi connectivity index (χ4v) is 0.648. The molecule has 0 amide bonds. The molecule has 0 aliphatic carbocycles. The van der Waals surface area contributed by atoms with E-state index in [1.807, 2.05) is 0 Å². The number of nitrogens with one attached hydrogen (secondary N) is 1. The van der Waals surface area contributed by atoms with E-state index in [1.54, 1.807) is 0 Å². The summed E-state index contributed by atoms with van der Waals surface area (Å²) >= 11 is 4.30. The number of rotatable bonds is 4. The Hall–Kier alpha value is 0.310. The molecule has 1 nitrogen and oxygen atoms in total. The minimum Gasteiger partial charge on any atom is -0.313 e. The number of hydrogen-bond donors (Lipinski definition) is 2. The SMILES string of the molecule is CCCNC(C)C(C)S. The molecule has 0 saturated heterocycles. The molecule has 2 unspecified atom stereocenters. The average molecular weight is 147 g/mol. The summed E-state index contributed by atoms with van der Waals surface area (Å²) in [6.07, 6.45) is 1.20. The maximum atomic E-state index is 4.30. The standard InChI is InChI=1S/C7H17NS/c1-4-5-8-6(2)7(3)9/h6-9H,4-5H2,1-3H3. The molecule has 9 heavy (non-hydrogen) atoms. The van der Waals surface area contributed by atoms with Crippen LogP contribution in [-0.4, -0.2) is 17.8 Å². The Bertz CT molecular complexity index is 63.9. The van der Waals surface area contributed by atoms with Gasteiger partial charge in [-0.2, -0.15) is 12.6 Å². The van der Waals surface area contributed by atoms with Crippen molar-refractivity contribution >= 4 is 12.6 Å². The summed E-state index contributed by atoms with van der Waals surface area (Å²) in [4.78, 5) is 0. The Morgan fingerprint density at radius 3 is 2.33 bits per heavy atom. The van der Waals surface area contributed by atoms with Gasteiger partial charge in [-0.05, 0) is 19.9 Å². The van der Waals surface area contributed by atoms with Gasteiger partial charge in [0.15, 0.2) is 0 Å². The van der Waals surface area contributed by atoms with Crippen LogP contribution in [0, 0.1) is 0 Å². The van der Waals surface area contributed by atoms with E-state index in [1.165, 1.54) is 6.42 Å². The molecule has 1 N–H and O–H groups in total. The fraction of sp³-hybridized carbons (Fsp3) is 1.00. The van der Waals surface area contributed by atoms with Gasteiger partial charge in [0.25, 0.3) is 0 Å². The van der Waals surface area contributed by atoms with Gasteiger partial charge in [-0.3, -0.25) is 0 Å². The first kappa shape index (κ1) is 9.31. The Labute approximate surface area is 63.6 Å². The summed E-state index contributed by atoms with van der Waals surface area (Å²) in [7, 11) is 0. The van der Waals surface area contributed by atoms with Crippen molar-refractivity contribution < 1.29 is 0 Å². The Balaban J connectivity index is 3.16. The first-order valence-corrected chi connectivity index (χ1v) is 4.11. The molecule has 0 aromatic carbocycles. The van der Waals surface area contributed by atoms with Crippen LogP contribution >= 0.6 is 12.6 Å². The van der Waals surface area contributed by atoms with E-state index in [4.69, 9.17) is 0 Å². The van der Waals surface area contributed by atoms with Crippen LogP contribution in [0.15, 0.2) is 0 Å². The fourth-order valence-electron chi connectivity index (χ4n) is 0.543. The van der Waals surface area contributed by atoms with E-state index in [9.17, 15) is 0 Å². The molecule has 0 fully saturated rings. The maximum Gasteiger partial charge on any atom is 0.0153 e. The minimum atomic E-state index is 0.455. The van der Waals surface area contributed by atoms with Crippen molar-refractivity contribution in [1.29, 1.82) is 0 Å². The second-order valence-electron chi connectivity index (χ2n) is 2.48. The third kappa shape index (κ3) is 4.79. The number of thiol groups is 1. The van der Waals surface area contributed by atoms with Crippen LogP contribution in [-0.2, 0) is 0 Å². The second-order valence-corrected chi connectivity index (χ2v) is 3.30. The van der Waals surface area contributed by atoms with E-state index >= 15 is 0 Å². The summed E-state index contributed by atoms with van der Waals surface area (Å²) < 4.78 is 0. The molecule has 0 radical (unpaired) electrons. The highest BCUT2D eigenvalue weighted by Gasteiger charge is 2.03. The Kier molecular flexibility index (Phi) is 5.30. The minimum absolute atomic E-state index is 0.455. The molecule has 0 rings (SSSR count). The van der Waals surface area contributed by atoms with Gasteiger partial charge >= 0.3 is 0 Å². The van der Waals surface area contributed by atoms with Gasteiger partial charge < -0.3 is 5.32 Å². The lowest BCUT2D eigenvalue weighted by atomic mass is 10.2. The van der Waals surface area contributed by atoms with Gasteiger partial charge in [0.1, 0.15) is 0 Å². The predicted molar refractivity (Wildman–Crippen MR) is 46.2 cm³/mol. The van der Waals surface area contributed by atoms with E-state index in [0.29, 0.717) is 11.3 Å². The van der Waals surface area contributed by atoms with Crippen molar-refractivity contribution in [2.75, 3.05) is 6.54 Å². The summed E-state index contributed by atoms with van der Waals surface area (Å²) in [6.45, 7) is 7.54. The average Bonchev–Trinajstić information content (AvgIpc) is 1.82. The smallest absolute Gasteiger partial charge is 0.0153 e. The van der Waals surface area contributed by atoms with Crippen LogP contribution in [0.2, 0.25) is 0 Å². The molecule has 2 heteroatoms. The highest BCUT2D eigenvalue weighted by molar-refractivity contribution is 7.81. The van der Waals surface area contributed by atoms with E-state index in [-0.39, 0.29) is 0 Å². The Morgan fingerprint density at radius 1 is 1.44 bits per heavy atom. The van der Waals surface area contributed by atoms with Crippen LogP contribution in [0.1, 0.15) is 27.2 Å². The van der Waals surface area contributed by atoms with Crippen molar-refractivity contribution in [2.45, 2.75) is 38.5 Å². The van der Waals surface area contributed by atoms with Crippen molar-refractivity contribution in [3.63, 3.8) is 0 Å². The maximum absolute atomic E-state index is 4.30. The van der Waals surface area contributed by atoms with Crippen LogP contribution in [0.5, 0.6) is 0 Å². The van der Waals surface area contributed by atoms with Crippen LogP contribution < -0.4 is 5.32 Å². The molecule has 0 saturated carbocycles. The van der Waals surface area contributed by atoms with Crippen molar-refractivity contribution in [1.82, 2.24) is 5.32 Å². The first-order chi connectivity index (χ1) is 4.18. The van der Waals surface area contributed by atoms with E-state index in [0.717, 1.165) is 6.54 Å². The van der Waals surface area contributed by atoms with Crippen LogP contribution in [0.25, 0.3) is 0 Å². The lowest BCUT2D eigenvalue weighted by Crippen LogP contribution is -2.33. The monoisotopic (exact) mass is 147 g/mol. The van der Waals surface area contributed by atoms with Gasteiger partial charge in [0.2, 0.25) is 0 Å². The van der Waals surface area contributed by atoms with Crippen molar-refractivity contribution in [3.05, 3.63) is 0 Å². The van der Waals surface area contributed by atoms with Gasteiger partial charge in [0, 0.05) is 11.3 Å². The zero-order chi connectivity index (χ0) is 7.28. The summed E-state index contributed by atoms with van der Waals surface area (Å²) in [5.74, 6) is 0. The van der Waals surface area contributed by atoms with E-state index < -0.39 is 0 Å². The third-order valence-corrected chi connectivity index (χ3v) is 1.89. The molecule has 0 aromatic heterocycles. The molecule has 0 aliphatic rings. The zero-order valence-electron chi connectivity index (χ0n) is 6.52. The molecule has 0 aromatic rings. The van der Waals surface area contributed by atoms with Crippen LogP contribution in [0.3, 0.4) is 0 Å². The number of hydrogen-bond acceptors (Lipinski definition) is 2. The van der Waals surface area contributed by atoms with Gasteiger partial charge in [-0.1, -0.05) is 13.8 Å². The summed E-state index contributed by atoms with van der Waals surface area (Å²) in [5.41, 5.74) is 0. The molecule has 2 atom stereocenters. The molecule has 0 spiro atoms. The van der Waals surface area contributed by atoms with Crippen LogP contribution in [0.4, 0.5) is 0 Å². The first-order valence-electron chi connectivity index (χ1n) is 3.60. The molecular formula is C7H17NS. The van der Waals surface area contributed by atoms with Gasteiger partial charge in [-0.25, -0.2) is 0 Å². The lowest BCUT2D eigenvalue weighted by Gasteiger charge is -2.15. The second kappa shape index (κ2) is 5.12. The Morgan fingerprint density at radius 2 is 2.00 bits per heavy atom. The lowest BCUT2D eigenvalue weighted by molar-refractivity contribution is 0.544. The predicted octanol–water partition coefficient (Wildman–Crippen LogP) is 1.69. The summed E-state index contributed by atoms with van der Waals surface area (Å²) in [5, 5.41) is 3.81. The quantitative estimate of drug-likeness (QED) is 0.577. The summed E-state index contributed by atoms with van der Waals surface area (Å²) in [6, 6.07) is 0.535. The zero-order valence-corrected chi connectivity index (χ0v) is 7.41. The molecule has 0 bridgehead atoms. The molecular weight excluding hydrogens is 130 g/mol. The normalized spacial score (nSPS) is 17.3. The molecule has 0 heterocycles. The topological polar surface area (TPSA) is 12.0 Å². The third-order valence-electron chi connectivity index (χ3n) is 1.44.